The summed E-state index contributed by atoms with van der Waals surface area (Å²) < 4.78 is 2.31. The third kappa shape index (κ3) is 1.94. The van der Waals surface area contributed by atoms with Gasteiger partial charge in [-0.15, -0.1) is 11.3 Å². The van der Waals surface area contributed by atoms with Crippen LogP contribution in [0, 0.1) is 0 Å². The van der Waals surface area contributed by atoms with E-state index in [0.717, 1.165) is 9.86 Å². The Labute approximate surface area is 101 Å². The molecule has 1 aromatic carbocycles. The van der Waals surface area contributed by atoms with Crippen molar-refractivity contribution in [1.82, 2.24) is 9.97 Å². The predicted molar refractivity (Wildman–Crippen MR) is 68.0 cm³/mol. The summed E-state index contributed by atoms with van der Waals surface area (Å²) in [6, 6.07) is 12.2. The largest absolute Gasteiger partial charge is 0.265 e. The monoisotopic (exact) mass is 244 g/mol. The molecule has 0 aliphatic rings. The van der Waals surface area contributed by atoms with Crippen molar-refractivity contribution >= 4 is 33.3 Å². The molecular formula is C12H8N2S2. The van der Waals surface area contributed by atoms with E-state index in [4.69, 9.17) is 0 Å². The van der Waals surface area contributed by atoms with E-state index in [1.807, 2.05) is 30.3 Å². The summed E-state index contributed by atoms with van der Waals surface area (Å²) in [6.45, 7) is 0. The highest BCUT2D eigenvalue weighted by Crippen LogP contribution is 2.33. The Kier molecular flexibility index (Phi) is 2.60. The fourth-order valence-electron chi connectivity index (χ4n) is 1.40. The standard InChI is InChI=1S/C12H8N2S2/c1-2-4-11-10(3-1)14-12(16-11)15-9-5-7-13-8-6-9/h1-8H. The fraction of sp³-hybridized carbons (Fsp3) is 0. The Bertz CT molecular complexity index is 571. The molecule has 0 saturated carbocycles. The van der Waals surface area contributed by atoms with Gasteiger partial charge in [0, 0.05) is 17.3 Å². The van der Waals surface area contributed by atoms with Crippen molar-refractivity contribution < 1.29 is 0 Å². The highest BCUT2D eigenvalue weighted by molar-refractivity contribution is 8.01. The molecule has 4 heteroatoms. The number of thiazole rings is 1. The number of rotatable bonds is 2. The molecule has 3 aromatic rings. The second kappa shape index (κ2) is 4.23. The maximum atomic E-state index is 4.57. The van der Waals surface area contributed by atoms with Gasteiger partial charge in [-0.2, -0.15) is 0 Å². The predicted octanol–water partition coefficient (Wildman–Crippen LogP) is 3.84. The first-order valence-electron chi connectivity index (χ1n) is 4.85. The number of hydrogen-bond donors (Lipinski definition) is 0. The molecule has 0 spiro atoms. The summed E-state index contributed by atoms with van der Waals surface area (Å²) in [7, 11) is 0. The van der Waals surface area contributed by atoms with Gasteiger partial charge in [0.25, 0.3) is 0 Å². The van der Waals surface area contributed by atoms with E-state index in [1.54, 1.807) is 35.5 Å². The number of hydrogen-bond acceptors (Lipinski definition) is 4. The van der Waals surface area contributed by atoms with E-state index >= 15 is 0 Å². The SMILES string of the molecule is c1ccc2sc(Sc3ccncc3)nc2c1. The molecule has 3 rings (SSSR count). The normalized spacial score (nSPS) is 10.8. The topological polar surface area (TPSA) is 25.8 Å². The molecule has 0 amide bonds. The van der Waals surface area contributed by atoms with E-state index in [1.165, 1.54) is 9.60 Å². The zero-order chi connectivity index (χ0) is 10.8. The summed E-state index contributed by atoms with van der Waals surface area (Å²) in [5.74, 6) is 0. The minimum absolute atomic E-state index is 1.07. The molecule has 0 saturated heterocycles. The zero-order valence-corrected chi connectivity index (χ0v) is 9.96. The van der Waals surface area contributed by atoms with Crippen LogP contribution in [0.4, 0.5) is 0 Å². The van der Waals surface area contributed by atoms with Gasteiger partial charge >= 0.3 is 0 Å². The molecule has 16 heavy (non-hydrogen) atoms. The van der Waals surface area contributed by atoms with E-state index in [2.05, 4.69) is 16.0 Å². The first kappa shape index (κ1) is 9.81. The third-order valence-corrected chi connectivity index (χ3v) is 4.23. The molecule has 0 fully saturated rings. The van der Waals surface area contributed by atoms with Crippen molar-refractivity contribution in [2.45, 2.75) is 9.24 Å². The summed E-state index contributed by atoms with van der Waals surface area (Å²) >= 11 is 3.40. The van der Waals surface area contributed by atoms with E-state index in [9.17, 15) is 0 Å². The van der Waals surface area contributed by atoms with Gasteiger partial charge in [-0.3, -0.25) is 4.98 Å². The van der Waals surface area contributed by atoms with Crippen molar-refractivity contribution in [1.29, 1.82) is 0 Å². The summed E-state index contributed by atoms with van der Waals surface area (Å²) in [4.78, 5) is 9.74. The Morgan fingerprint density at radius 2 is 1.81 bits per heavy atom. The van der Waals surface area contributed by atoms with Crippen LogP contribution >= 0.6 is 23.1 Å². The number of benzene rings is 1. The Morgan fingerprint density at radius 3 is 2.62 bits per heavy atom. The van der Waals surface area contributed by atoms with Gasteiger partial charge in [0.05, 0.1) is 10.2 Å². The van der Waals surface area contributed by atoms with Crippen LogP contribution in [-0.4, -0.2) is 9.97 Å². The van der Waals surface area contributed by atoms with Gasteiger partial charge in [-0.05, 0) is 24.3 Å². The summed E-state index contributed by atoms with van der Waals surface area (Å²) in [5.41, 5.74) is 1.07. The van der Waals surface area contributed by atoms with E-state index in [0.29, 0.717) is 0 Å². The molecule has 0 aliphatic heterocycles. The van der Waals surface area contributed by atoms with Gasteiger partial charge in [-0.1, -0.05) is 23.9 Å². The lowest BCUT2D eigenvalue weighted by atomic mass is 10.3. The summed E-state index contributed by atoms with van der Waals surface area (Å²) in [6.07, 6.45) is 3.60. The van der Waals surface area contributed by atoms with Gasteiger partial charge < -0.3 is 0 Å². The van der Waals surface area contributed by atoms with Crippen LogP contribution in [0.5, 0.6) is 0 Å². The maximum Gasteiger partial charge on any atom is 0.155 e. The average molecular weight is 244 g/mol. The molecule has 2 aromatic heterocycles. The molecule has 0 radical (unpaired) electrons. The lowest BCUT2D eigenvalue weighted by Gasteiger charge is -1.94. The van der Waals surface area contributed by atoms with Gasteiger partial charge in [-0.25, -0.2) is 4.98 Å². The third-order valence-electron chi connectivity index (χ3n) is 2.13. The van der Waals surface area contributed by atoms with E-state index in [-0.39, 0.29) is 0 Å². The lowest BCUT2D eigenvalue weighted by molar-refractivity contribution is 1.25. The van der Waals surface area contributed by atoms with Crippen molar-refractivity contribution in [2.24, 2.45) is 0 Å². The molecule has 0 unspecified atom stereocenters. The quantitative estimate of drug-likeness (QED) is 0.685. The van der Waals surface area contributed by atoms with Crippen LogP contribution in [0.25, 0.3) is 10.2 Å². The Hall–Kier alpha value is -1.39. The molecule has 0 N–H and O–H groups in total. The first-order valence-corrected chi connectivity index (χ1v) is 6.48. The molecule has 0 bridgehead atoms. The van der Waals surface area contributed by atoms with Crippen LogP contribution in [0.15, 0.2) is 58.0 Å². The Morgan fingerprint density at radius 1 is 1.00 bits per heavy atom. The smallest absolute Gasteiger partial charge is 0.155 e. The van der Waals surface area contributed by atoms with Gasteiger partial charge in [0.2, 0.25) is 0 Å². The number of fused-ring (bicyclic) bond motifs is 1. The van der Waals surface area contributed by atoms with E-state index < -0.39 is 0 Å². The first-order chi connectivity index (χ1) is 7.92. The number of aromatic nitrogens is 2. The molecule has 2 heterocycles. The Balaban J connectivity index is 1.95. The second-order valence-corrected chi connectivity index (χ2v) is 5.58. The van der Waals surface area contributed by atoms with Crippen molar-refractivity contribution in [2.75, 3.05) is 0 Å². The fourth-order valence-corrected chi connectivity index (χ4v) is 3.43. The minimum Gasteiger partial charge on any atom is -0.265 e. The highest BCUT2D eigenvalue weighted by atomic mass is 32.2. The average Bonchev–Trinajstić information content (AvgIpc) is 2.72. The van der Waals surface area contributed by atoms with Crippen LogP contribution in [0.2, 0.25) is 0 Å². The van der Waals surface area contributed by atoms with Crippen molar-refractivity contribution in [3.8, 4) is 0 Å². The van der Waals surface area contributed by atoms with Crippen molar-refractivity contribution in [3.63, 3.8) is 0 Å². The van der Waals surface area contributed by atoms with Crippen LogP contribution in [0.3, 0.4) is 0 Å². The maximum absolute atomic E-state index is 4.57. The van der Waals surface area contributed by atoms with Crippen LogP contribution in [0.1, 0.15) is 0 Å². The number of nitrogens with zero attached hydrogens (tertiary/aromatic N) is 2. The van der Waals surface area contributed by atoms with Gasteiger partial charge in [0.1, 0.15) is 0 Å². The summed E-state index contributed by atoms with van der Waals surface area (Å²) in [5, 5.41) is 0. The van der Waals surface area contributed by atoms with Crippen molar-refractivity contribution in [3.05, 3.63) is 48.8 Å². The molecule has 0 aliphatic carbocycles. The molecular weight excluding hydrogens is 236 g/mol. The van der Waals surface area contributed by atoms with Gasteiger partial charge in [0.15, 0.2) is 4.34 Å². The minimum atomic E-state index is 1.07. The zero-order valence-electron chi connectivity index (χ0n) is 8.33. The molecule has 2 nitrogen and oxygen atoms in total. The molecule has 0 atom stereocenters. The number of para-hydroxylation sites is 1. The van der Waals surface area contributed by atoms with Crippen LogP contribution < -0.4 is 0 Å². The van der Waals surface area contributed by atoms with Crippen LogP contribution in [-0.2, 0) is 0 Å². The second-order valence-electron chi connectivity index (χ2n) is 3.23. The number of pyridine rings is 1. The lowest BCUT2D eigenvalue weighted by Crippen LogP contribution is -1.72. The highest BCUT2D eigenvalue weighted by Gasteiger charge is 2.04. The molecule has 78 valence electrons.